The van der Waals surface area contributed by atoms with E-state index >= 15 is 0 Å². The third-order valence-electron chi connectivity index (χ3n) is 3.26. The van der Waals surface area contributed by atoms with E-state index in [4.69, 9.17) is 0 Å². The molecule has 1 aliphatic rings. The lowest BCUT2D eigenvalue weighted by molar-refractivity contribution is 0.0897. The summed E-state index contributed by atoms with van der Waals surface area (Å²) < 4.78 is 0. The first-order valence-electron chi connectivity index (χ1n) is 5.38. The summed E-state index contributed by atoms with van der Waals surface area (Å²) in [4.78, 5) is 12.1. The average Bonchev–Trinajstić information content (AvgIpc) is 2.65. The van der Waals surface area contributed by atoms with Crippen LogP contribution in [-0.4, -0.2) is 5.78 Å². The van der Waals surface area contributed by atoms with Crippen molar-refractivity contribution in [1.82, 2.24) is 0 Å². The fourth-order valence-electron chi connectivity index (χ4n) is 2.35. The van der Waals surface area contributed by atoms with Gasteiger partial charge in [0.15, 0.2) is 5.78 Å². The summed E-state index contributed by atoms with van der Waals surface area (Å²) in [5.74, 6) is 1.19. The summed E-state index contributed by atoms with van der Waals surface area (Å²) in [6, 6.07) is 9.68. The van der Waals surface area contributed by atoms with Crippen LogP contribution in [0.2, 0.25) is 0 Å². The lowest BCUT2D eigenvalue weighted by Gasteiger charge is -2.13. The first-order valence-corrected chi connectivity index (χ1v) is 5.38. The number of benzene rings is 1. The van der Waals surface area contributed by atoms with Gasteiger partial charge in [-0.05, 0) is 18.8 Å². The van der Waals surface area contributed by atoms with Crippen molar-refractivity contribution in [3.05, 3.63) is 35.9 Å². The minimum atomic E-state index is 0.275. The van der Waals surface area contributed by atoms with Gasteiger partial charge in [0.25, 0.3) is 0 Å². The molecule has 0 amide bonds. The maximum atomic E-state index is 12.1. The van der Waals surface area contributed by atoms with Gasteiger partial charge in [-0.15, -0.1) is 0 Å². The van der Waals surface area contributed by atoms with Crippen LogP contribution in [0.4, 0.5) is 0 Å². The number of carbonyl (C=O) groups is 1. The van der Waals surface area contributed by atoms with E-state index in [1.165, 1.54) is 12.8 Å². The highest BCUT2D eigenvalue weighted by Gasteiger charge is 2.29. The second-order valence-corrected chi connectivity index (χ2v) is 4.24. The quantitative estimate of drug-likeness (QED) is 0.651. The topological polar surface area (TPSA) is 17.1 Å². The smallest absolute Gasteiger partial charge is 0.166 e. The molecule has 1 saturated carbocycles. The zero-order chi connectivity index (χ0) is 9.97. The molecule has 0 aromatic heterocycles. The largest absolute Gasteiger partial charge is 0.294 e. The molecular weight excluding hydrogens is 172 g/mol. The number of ketones is 1. The van der Waals surface area contributed by atoms with Crippen LogP contribution < -0.4 is 0 Å². The van der Waals surface area contributed by atoms with Crippen molar-refractivity contribution in [3.63, 3.8) is 0 Å². The molecule has 1 fully saturated rings. The molecule has 0 radical (unpaired) electrons. The van der Waals surface area contributed by atoms with E-state index in [0.717, 1.165) is 12.0 Å². The van der Waals surface area contributed by atoms with E-state index < -0.39 is 0 Å². The molecule has 1 heteroatoms. The first-order chi connectivity index (χ1) is 6.79. The highest BCUT2D eigenvalue weighted by atomic mass is 16.1. The van der Waals surface area contributed by atoms with Crippen molar-refractivity contribution < 1.29 is 4.79 Å². The monoisotopic (exact) mass is 188 g/mol. The van der Waals surface area contributed by atoms with Crippen LogP contribution >= 0.6 is 0 Å². The zero-order valence-electron chi connectivity index (χ0n) is 8.57. The maximum Gasteiger partial charge on any atom is 0.166 e. The zero-order valence-corrected chi connectivity index (χ0v) is 8.57. The van der Waals surface area contributed by atoms with E-state index in [-0.39, 0.29) is 5.92 Å². The molecule has 1 aromatic carbocycles. The number of hydrogen-bond donors (Lipinski definition) is 0. The van der Waals surface area contributed by atoms with Crippen LogP contribution in [0, 0.1) is 11.8 Å². The van der Waals surface area contributed by atoms with Crippen molar-refractivity contribution in [1.29, 1.82) is 0 Å². The summed E-state index contributed by atoms with van der Waals surface area (Å²) in [7, 11) is 0. The van der Waals surface area contributed by atoms with Crippen LogP contribution in [0.5, 0.6) is 0 Å². The van der Waals surface area contributed by atoms with Crippen molar-refractivity contribution in [3.8, 4) is 0 Å². The van der Waals surface area contributed by atoms with Crippen LogP contribution in [-0.2, 0) is 0 Å². The van der Waals surface area contributed by atoms with Crippen molar-refractivity contribution >= 4 is 5.78 Å². The molecule has 0 N–H and O–H groups in total. The van der Waals surface area contributed by atoms with Crippen LogP contribution in [0.15, 0.2) is 30.3 Å². The number of hydrogen-bond acceptors (Lipinski definition) is 1. The van der Waals surface area contributed by atoms with Gasteiger partial charge in [0.2, 0.25) is 0 Å². The van der Waals surface area contributed by atoms with Gasteiger partial charge >= 0.3 is 0 Å². The highest BCUT2D eigenvalue weighted by Crippen LogP contribution is 2.33. The van der Waals surface area contributed by atoms with Crippen molar-refractivity contribution in [2.24, 2.45) is 11.8 Å². The Labute approximate surface area is 85.1 Å². The Hall–Kier alpha value is -1.11. The van der Waals surface area contributed by atoms with Gasteiger partial charge in [-0.2, -0.15) is 0 Å². The van der Waals surface area contributed by atoms with E-state index in [9.17, 15) is 4.79 Å². The molecule has 0 spiro atoms. The third-order valence-corrected chi connectivity index (χ3v) is 3.26. The van der Waals surface area contributed by atoms with Crippen molar-refractivity contribution in [2.75, 3.05) is 0 Å². The Morgan fingerprint density at radius 3 is 2.50 bits per heavy atom. The Morgan fingerprint density at radius 2 is 1.93 bits per heavy atom. The molecule has 0 bridgehead atoms. The fourth-order valence-corrected chi connectivity index (χ4v) is 2.35. The lowest BCUT2D eigenvalue weighted by Crippen LogP contribution is -2.16. The summed E-state index contributed by atoms with van der Waals surface area (Å²) in [6.07, 6.45) is 3.50. The first kappa shape index (κ1) is 9.45. The van der Waals surface area contributed by atoms with E-state index in [2.05, 4.69) is 6.92 Å². The Balaban J connectivity index is 2.16. The lowest BCUT2D eigenvalue weighted by atomic mass is 9.90. The second-order valence-electron chi connectivity index (χ2n) is 4.24. The maximum absolute atomic E-state index is 12.1. The summed E-state index contributed by atoms with van der Waals surface area (Å²) in [5.41, 5.74) is 0.881. The predicted octanol–water partition coefficient (Wildman–Crippen LogP) is 3.31. The summed E-state index contributed by atoms with van der Waals surface area (Å²) in [5, 5.41) is 0. The molecule has 0 heterocycles. The molecule has 14 heavy (non-hydrogen) atoms. The van der Waals surface area contributed by atoms with Gasteiger partial charge in [-0.3, -0.25) is 4.79 Å². The Bertz CT molecular complexity index is 315. The molecule has 1 aliphatic carbocycles. The minimum absolute atomic E-state index is 0.275. The molecule has 2 rings (SSSR count). The molecule has 2 atom stereocenters. The molecule has 1 nitrogen and oxygen atoms in total. The van der Waals surface area contributed by atoms with Gasteiger partial charge < -0.3 is 0 Å². The minimum Gasteiger partial charge on any atom is -0.294 e. The van der Waals surface area contributed by atoms with Gasteiger partial charge in [-0.25, -0.2) is 0 Å². The molecular formula is C13H16O. The Morgan fingerprint density at radius 1 is 1.21 bits per heavy atom. The van der Waals surface area contributed by atoms with E-state index in [0.29, 0.717) is 11.7 Å². The predicted molar refractivity (Wildman–Crippen MR) is 57.3 cm³/mol. The molecule has 0 unspecified atom stereocenters. The number of rotatable bonds is 2. The average molecular weight is 188 g/mol. The molecule has 74 valence electrons. The number of Topliss-reactive ketones (excluding diaryl/α,β-unsaturated/α-hetero) is 1. The second kappa shape index (κ2) is 3.95. The van der Waals surface area contributed by atoms with Gasteiger partial charge in [0.1, 0.15) is 0 Å². The summed E-state index contributed by atoms with van der Waals surface area (Å²) >= 11 is 0. The molecule has 0 saturated heterocycles. The molecule has 1 aromatic rings. The van der Waals surface area contributed by atoms with Crippen LogP contribution in [0.3, 0.4) is 0 Å². The number of carbonyl (C=O) groups excluding carboxylic acids is 1. The van der Waals surface area contributed by atoms with Gasteiger partial charge in [0, 0.05) is 11.5 Å². The highest BCUT2D eigenvalue weighted by molar-refractivity contribution is 5.98. The normalized spacial score (nSPS) is 26.4. The standard InChI is InChI=1S/C13H16O/c1-10-6-5-9-12(10)13(14)11-7-3-2-4-8-11/h2-4,7-8,10,12H,5-6,9H2,1H3/t10-,12-/m0/s1. The van der Waals surface area contributed by atoms with Crippen LogP contribution in [0.25, 0.3) is 0 Å². The molecule has 0 aliphatic heterocycles. The Kier molecular flexibility index (Phi) is 2.67. The van der Waals surface area contributed by atoms with Crippen molar-refractivity contribution in [2.45, 2.75) is 26.2 Å². The fraction of sp³-hybridized carbons (Fsp3) is 0.462. The SMILES string of the molecule is C[C@H]1CCC[C@@H]1C(=O)c1ccccc1. The van der Waals surface area contributed by atoms with E-state index in [1.54, 1.807) is 0 Å². The summed E-state index contributed by atoms with van der Waals surface area (Å²) in [6.45, 7) is 2.19. The third kappa shape index (κ3) is 1.72. The van der Waals surface area contributed by atoms with Gasteiger partial charge in [-0.1, -0.05) is 43.7 Å². The van der Waals surface area contributed by atoms with Gasteiger partial charge in [0.05, 0.1) is 0 Å². The van der Waals surface area contributed by atoms with E-state index in [1.807, 2.05) is 30.3 Å². The van der Waals surface area contributed by atoms with Crippen LogP contribution in [0.1, 0.15) is 36.5 Å².